The molecule has 0 unspecified atom stereocenters. The summed E-state index contributed by atoms with van der Waals surface area (Å²) in [6.45, 7) is 4.76. The van der Waals surface area contributed by atoms with Crippen molar-refractivity contribution < 1.29 is 19.1 Å². The predicted octanol–water partition coefficient (Wildman–Crippen LogP) is 1.32. The Morgan fingerprint density at radius 3 is 2.08 bits per heavy atom. The van der Waals surface area contributed by atoms with E-state index in [1.807, 2.05) is 0 Å². The van der Waals surface area contributed by atoms with Crippen LogP contribution in [-0.4, -0.2) is 24.6 Å². The second-order valence-corrected chi connectivity index (χ2v) is 3.10. The second kappa shape index (κ2) is 5.07. The maximum absolute atomic E-state index is 11.2. The van der Waals surface area contributed by atoms with Gasteiger partial charge in [0.15, 0.2) is 11.5 Å². The lowest BCUT2D eigenvalue weighted by Gasteiger charge is -2.19. The molecule has 0 aromatic heterocycles. The zero-order valence-corrected chi connectivity index (χ0v) is 8.68. The molecule has 0 atom stereocenters. The molecule has 13 heavy (non-hydrogen) atoms. The molecule has 0 saturated carbocycles. The molecule has 0 aliphatic heterocycles. The molecule has 76 valence electrons. The minimum Gasteiger partial charge on any atom is -0.465 e. The number of esters is 2. The Bertz CT molecular complexity index is 180. The number of halogens is 1. The van der Waals surface area contributed by atoms with Gasteiger partial charge in [-0.1, -0.05) is 11.6 Å². The molecule has 0 amide bonds. The number of alkyl halides is 1. The monoisotopic (exact) mass is 208 g/mol. The van der Waals surface area contributed by atoms with E-state index < -0.39 is 17.4 Å². The lowest BCUT2D eigenvalue weighted by Crippen LogP contribution is -2.36. The average Bonchev–Trinajstić information content (AvgIpc) is 2.05. The van der Waals surface area contributed by atoms with Crippen molar-refractivity contribution in [1.29, 1.82) is 0 Å². The van der Waals surface area contributed by atoms with Gasteiger partial charge in [-0.25, -0.2) is 0 Å². The van der Waals surface area contributed by atoms with E-state index in [4.69, 9.17) is 16.3 Å². The van der Waals surface area contributed by atoms with E-state index in [1.165, 1.54) is 13.8 Å². The van der Waals surface area contributed by atoms with Gasteiger partial charge in [-0.05, 0) is 20.8 Å². The van der Waals surface area contributed by atoms with Crippen LogP contribution in [0.5, 0.6) is 0 Å². The number of hydrogen-bond donors (Lipinski definition) is 0. The number of rotatable bonds is 4. The quantitative estimate of drug-likeness (QED) is 0.397. The zero-order chi connectivity index (χ0) is 10.5. The van der Waals surface area contributed by atoms with Crippen molar-refractivity contribution in [3.05, 3.63) is 0 Å². The van der Waals surface area contributed by atoms with Crippen LogP contribution in [-0.2, 0) is 19.1 Å². The fourth-order valence-corrected chi connectivity index (χ4v) is 0.724. The van der Waals surface area contributed by atoms with Crippen LogP contribution in [0.3, 0.4) is 0 Å². The standard InChI is InChI=1S/C8H13ClO4/c1-4-12-6(10)8(2,3)7(11)13-5-9/h4-5H2,1-3H3. The Hall–Kier alpha value is -0.770. The minimum absolute atomic E-state index is 0.233. The zero-order valence-electron chi connectivity index (χ0n) is 7.93. The summed E-state index contributed by atoms with van der Waals surface area (Å²) in [5.74, 6) is -1.29. The number of carbonyl (C=O) groups excluding carboxylic acids is 2. The number of ether oxygens (including phenoxy) is 2. The molecule has 0 saturated heterocycles. The van der Waals surface area contributed by atoms with E-state index in [2.05, 4.69) is 4.74 Å². The highest BCUT2D eigenvalue weighted by molar-refractivity contribution is 6.17. The maximum atomic E-state index is 11.2. The summed E-state index contributed by atoms with van der Waals surface area (Å²) >= 11 is 5.19. The van der Waals surface area contributed by atoms with Gasteiger partial charge < -0.3 is 9.47 Å². The van der Waals surface area contributed by atoms with Gasteiger partial charge in [-0.3, -0.25) is 9.59 Å². The van der Waals surface area contributed by atoms with Crippen molar-refractivity contribution >= 4 is 23.5 Å². The highest BCUT2D eigenvalue weighted by atomic mass is 35.5. The van der Waals surface area contributed by atoms with Gasteiger partial charge in [-0.2, -0.15) is 0 Å². The van der Waals surface area contributed by atoms with Crippen LogP contribution in [0.1, 0.15) is 20.8 Å². The van der Waals surface area contributed by atoms with Crippen molar-refractivity contribution in [3.63, 3.8) is 0 Å². The molecule has 0 heterocycles. The molecule has 0 spiro atoms. The SMILES string of the molecule is CCOC(=O)C(C)(C)C(=O)OCCl. The molecule has 0 aromatic rings. The van der Waals surface area contributed by atoms with Crippen LogP contribution in [0, 0.1) is 5.41 Å². The average molecular weight is 209 g/mol. The lowest BCUT2D eigenvalue weighted by molar-refractivity contribution is -0.168. The Morgan fingerprint density at radius 1 is 1.23 bits per heavy atom. The first kappa shape index (κ1) is 12.2. The van der Waals surface area contributed by atoms with Gasteiger partial charge >= 0.3 is 11.9 Å². The lowest BCUT2D eigenvalue weighted by atomic mass is 9.94. The van der Waals surface area contributed by atoms with Crippen molar-refractivity contribution in [1.82, 2.24) is 0 Å². The third-order valence-electron chi connectivity index (χ3n) is 1.48. The summed E-state index contributed by atoms with van der Waals surface area (Å²) < 4.78 is 9.19. The number of carbonyl (C=O) groups is 2. The first-order valence-corrected chi connectivity index (χ1v) is 4.40. The molecule has 0 aliphatic rings. The molecular weight excluding hydrogens is 196 g/mol. The highest BCUT2D eigenvalue weighted by Crippen LogP contribution is 2.19. The van der Waals surface area contributed by atoms with Crippen molar-refractivity contribution in [2.75, 3.05) is 12.7 Å². The molecule has 0 N–H and O–H groups in total. The topological polar surface area (TPSA) is 52.6 Å². The summed E-state index contributed by atoms with van der Waals surface area (Å²) in [4.78, 5) is 22.4. The third-order valence-corrected chi connectivity index (χ3v) is 1.59. The van der Waals surface area contributed by atoms with Crippen LogP contribution in [0.2, 0.25) is 0 Å². The Kier molecular flexibility index (Phi) is 4.77. The normalized spacial score (nSPS) is 10.8. The predicted molar refractivity (Wildman–Crippen MR) is 47.2 cm³/mol. The van der Waals surface area contributed by atoms with Gasteiger partial charge in [0, 0.05) is 0 Å². The highest BCUT2D eigenvalue weighted by Gasteiger charge is 2.39. The maximum Gasteiger partial charge on any atom is 0.324 e. The van der Waals surface area contributed by atoms with E-state index in [-0.39, 0.29) is 12.7 Å². The molecule has 0 rings (SSSR count). The Labute approximate surface area is 82.1 Å². The van der Waals surface area contributed by atoms with Gasteiger partial charge in [0.05, 0.1) is 6.61 Å². The van der Waals surface area contributed by atoms with E-state index in [9.17, 15) is 9.59 Å². The summed E-state index contributed by atoms with van der Waals surface area (Å²) in [5, 5.41) is 0. The first-order chi connectivity index (χ1) is 5.96. The first-order valence-electron chi connectivity index (χ1n) is 3.87. The van der Waals surface area contributed by atoms with E-state index in [0.717, 1.165) is 0 Å². The second-order valence-electron chi connectivity index (χ2n) is 2.89. The summed E-state index contributed by atoms with van der Waals surface area (Å²) in [7, 11) is 0. The Morgan fingerprint density at radius 2 is 1.69 bits per heavy atom. The van der Waals surface area contributed by atoms with Crippen LogP contribution >= 0.6 is 11.6 Å². The van der Waals surface area contributed by atoms with Crippen LogP contribution in [0.4, 0.5) is 0 Å². The van der Waals surface area contributed by atoms with Crippen molar-refractivity contribution in [2.45, 2.75) is 20.8 Å². The fraction of sp³-hybridized carbons (Fsp3) is 0.750. The summed E-state index contributed by atoms with van der Waals surface area (Å²) in [6, 6.07) is -0.262. The smallest absolute Gasteiger partial charge is 0.324 e. The van der Waals surface area contributed by atoms with E-state index in [0.29, 0.717) is 0 Å². The van der Waals surface area contributed by atoms with Crippen LogP contribution in [0.25, 0.3) is 0 Å². The van der Waals surface area contributed by atoms with E-state index >= 15 is 0 Å². The summed E-state index contributed by atoms with van der Waals surface area (Å²) in [5.41, 5.74) is -1.29. The molecule has 0 radical (unpaired) electrons. The third kappa shape index (κ3) is 3.22. The molecule has 0 bridgehead atoms. The molecule has 4 nitrogen and oxygen atoms in total. The summed E-state index contributed by atoms with van der Waals surface area (Å²) in [6.07, 6.45) is 0. The van der Waals surface area contributed by atoms with Crippen LogP contribution in [0.15, 0.2) is 0 Å². The van der Waals surface area contributed by atoms with Gasteiger partial charge in [-0.15, -0.1) is 0 Å². The van der Waals surface area contributed by atoms with Crippen molar-refractivity contribution in [3.8, 4) is 0 Å². The molecule has 0 aromatic carbocycles. The molecular formula is C8H13ClO4. The van der Waals surface area contributed by atoms with Gasteiger partial charge in [0.25, 0.3) is 0 Å². The van der Waals surface area contributed by atoms with E-state index in [1.54, 1.807) is 6.92 Å². The van der Waals surface area contributed by atoms with Crippen LogP contribution < -0.4 is 0 Å². The Balaban J connectivity index is 4.36. The fourth-order valence-electron chi connectivity index (χ4n) is 0.625. The van der Waals surface area contributed by atoms with Gasteiger partial charge in [0.2, 0.25) is 0 Å². The largest absolute Gasteiger partial charge is 0.465 e. The molecule has 0 aliphatic carbocycles. The van der Waals surface area contributed by atoms with Gasteiger partial charge in [0.1, 0.15) is 0 Å². The van der Waals surface area contributed by atoms with Crippen molar-refractivity contribution in [2.24, 2.45) is 5.41 Å². The molecule has 5 heteroatoms. The minimum atomic E-state index is -1.29. The molecule has 0 fully saturated rings. The number of hydrogen-bond acceptors (Lipinski definition) is 4.